The minimum absolute atomic E-state index is 0.177. The number of benzene rings is 2. The predicted octanol–water partition coefficient (Wildman–Crippen LogP) is 6.19. The monoisotopic (exact) mass is 520 g/mol. The summed E-state index contributed by atoms with van der Waals surface area (Å²) in [6, 6.07) is 10.8. The number of thiocarbonyl (C=S) groups is 1. The molecule has 176 valence electrons. The first-order valence-electron chi connectivity index (χ1n) is 10.2. The fourth-order valence-corrected chi connectivity index (χ4v) is 4.12. The Bertz CT molecular complexity index is 1350. The highest BCUT2D eigenvalue weighted by atomic mass is 35.5. The van der Waals surface area contributed by atoms with Crippen LogP contribution < -0.4 is 10.6 Å². The molecular weight excluding hydrogens is 501 g/mol. The Hall–Kier alpha value is -3.01. The van der Waals surface area contributed by atoms with Gasteiger partial charge in [-0.1, -0.05) is 41.4 Å². The zero-order valence-corrected chi connectivity index (χ0v) is 20.6. The minimum Gasteiger partial charge on any atom is -0.329 e. The summed E-state index contributed by atoms with van der Waals surface area (Å²) in [4.78, 5) is 0. The maximum atomic E-state index is 14.2. The SMILES string of the molecule is Cc1nn(Cc2c(F)cccc2Cl)c(C)c1NC(=S)Nc1nn(Cc2cccc(F)c2)cc1Cl. The Labute approximate surface area is 210 Å². The lowest BCUT2D eigenvalue weighted by molar-refractivity contribution is 0.579. The molecule has 4 rings (SSSR count). The van der Waals surface area contributed by atoms with Gasteiger partial charge in [0.2, 0.25) is 0 Å². The Balaban J connectivity index is 1.46. The minimum atomic E-state index is -0.393. The third kappa shape index (κ3) is 5.38. The van der Waals surface area contributed by atoms with E-state index in [4.69, 9.17) is 35.4 Å². The molecule has 11 heteroatoms. The summed E-state index contributed by atoms with van der Waals surface area (Å²) in [5.74, 6) is -0.352. The number of rotatable bonds is 6. The van der Waals surface area contributed by atoms with E-state index >= 15 is 0 Å². The number of nitrogens with one attached hydrogen (secondary N) is 2. The van der Waals surface area contributed by atoms with Gasteiger partial charge in [0.15, 0.2) is 10.9 Å². The average molecular weight is 521 g/mol. The molecule has 4 aromatic rings. The Morgan fingerprint density at radius 1 is 1.00 bits per heavy atom. The summed E-state index contributed by atoms with van der Waals surface area (Å²) >= 11 is 17.9. The van der Waals surface area contributed by atoms with E-state index in [1.807, 2.05) is 13.8 Å². The number of anilines is 2. The molecule has 0 aliphatic carbocycles. The lowest BCUT2D eigenvalue weighted by atomic mass is 10.2. The van der Waals surface area contributed by atoms with Crippen molar-refractivity contribution in [3.05, 3.63) is 92.9 Å². The normalized spacial score (nSPS) is 11.0. The third-order valence-electron chi connectivity index (χ3n) is 5.17. The van der Waals surface area contributed by atoms with Crippen molar-refractivity contribution >= 4 is 52.0 Å². The van der Waals surface area contributed by atoms with Crippen molar-refractivity contribution < 1.29 is 8.78 Å². The second kappa shape index (κ2) is 10.1. The van der Waals surface area contributed by atoms with E-state index < -0.39 is 5.82 Å². The first-order chi connectivity index (χ1) is 16.2. The lowest BCUT2D eigenvalue weighted by Crippen LogP contribution is -2.20. The van der Waals surface area contributed by atoms with Crippen molar-refractivity contribution in [2.45, 2.75) is 26.9 Å². The number of hydrogen-bond donors (Lipinski definition) is 2. The molecule has 6 nitrogen and oxygen atoms in total. The largest absolute Gasteiger partial charge is 0.329 e. The van der Waals surface area contributed by atoms with E-state index in [-0.39, 0.29) is 17.5 Å². The molecule has 2 N–H and O–H groups in total. The van der Waals surface area contributed by atoms with Crippen molar-refractivity contribution in [3.8, 4) is 0 Å². The van der Waals surface area contributed by atoms with Crippen LogP contribution in [0.15, 0.2) is 48.7 Å². The van der Waals surface area contributed by atoms with Gasteiger partial charge >= 0.3 is 0 Å². The van der Waals surface area contributed by atoms with Crippen LogP contribution in [-0.2, 0) is 13.1 Å². The van der Waals surface area contributed by atoms with Crippen molar-refractivity contribution in [2.24, 2.45) is 0 Å². The summed E-state index contributed by atoms with van der Waals surface area (Å²) < 4.78 is 30.9. The molecular formula is C23H20Cl2F2N6S. The number of halogens is 4. The van der Waals surface area contributed by atoms with Crippen LogP contribution in [-0.4, -0.2) is 24.7 Å². The highest BCUT2D eigenvalue weighted by Crippen LogP contribution is 2.25. The molecule has 2 heterocycles. The van der Waals surface area contributed by atoms with E-state index in [1.165, 1.54) is 18.2 Å². The molecule has 2 aromatic heterocycles. The summed E-state index contributed by atoms with van der Waals surface area (Å²) in [6.45, 7) is 4.19. The molecule has 0 saturated heterocycles. The van der Waals surface area contributed by atoms with Crippen molar-refractivity contribution in [2.75, 3.05) is 10.6 Å². The standard InChI is InChI=1S/C23H20Cl2F2N6S/c1-13-21(14(2)33(30-13)11-17-18(24)7-4-8-20(17)27)28-23(34)29-22-19(25)12-32(31-22)10-15-5-3-6-16(26)9-15/h3-9,12H,10-11H2,1-2H3,(H2,28,29,31,34). The summed E-state index contributed by atoms with van der Waals surface area (Å²) in [7, 11) is 0. The number of aromatic nitrogens is 4. The molecule has 34 heavy (non-hydrogen) atoms. The van der Waals surface area contributed by atoms with E-state index in [0.717, 1.165) is 11.3 Å². The number of aryl methyl sites for hydroxylation is 1. The van der Waals surface area contributed by atoms with Crippen LogP contribution in [0.3, 0.4) is 0 Å². The van der Waals surface area contributed by atoms with E-state index in [0.29, 0.717) is 39.4 Å². The molecule has 0 aliphatic heterocycles. The third-order valence-corrected chi connectivity index (χ3v) is 6.01. The zero-order chi connectivity index (χ0) is 24.4. The van der Waals surface area contributed by atoms with Crippen LogP contribution in [0.25, 0.3) is 0 Å². The fourth-order valence-electron chi connectivity index (χ4n) is 3.50. The maximum Gasteiger partial charge on any atom is 0.176 e. The average Bonchev–Trinajstić information content (AvgIpc) is 3.23. The molecule has 0 fully saturated rings. The maximum absolute atomic E-state index is 14.2. The smallest absolute Gasteiger partial charge is 0.176 e. The van der Waals surface area contributed by atoms with Crippen LogP contribution in [0.4, 0.5) is 20.3 Å². The van der Waals surface area contributed by atoms with Gasteiger partial charge < -0.3 is 10.6 Å². The molecule has 0 spiro atoms. The van der Waals surface area contributed by atoms with Crippen LogP contribution >= 0.6 is 35.4 Å². The van der Waals surface area contributed by atoms with Gasteiger partial charge in [-0.15, -0.1) is 0 Å². The molecule has 0 bridgehead atoms. The van der Waals surface area contributed by atoms with Crippen LogP contribution in [0.5, 0.6) is 0 Å². The van der Waals surface area contributed by atoms with E-state index in [2.05, 4.69) is 20.8 Å². The van der Waals surface area contributed by atoms with Gasteiger partial charge in [-0.25, -0.2) is 8.78 Å². The highest BCUT2D eigenvalue weighted by molar-refractivity contribution is 7.80. The van der Waals surface area contributed by atoms with Gasteiger partial charge in [0.25, 0.3) is 0 Å². The zero-order valence-electron chi connectivity index (χ0n) is 18.2. The molecule has 0 saturated carbocycles. The first kappa shape index (κ1) is 24.1. The van der Waals surface area contributed by atoms with Crippen LogP contribution in [0.2, 0.25) is 10.0 Å². The van der Waals surface area contributed by atoms with Gasteiger partial charge in [-0.05, 0) is 55.9 Å². The quantitative estimate of drug-likeness (QED) is 0.297. The topological polar surface area (TPSA) is 59.7 Å². The molecule has 0 atom stereocenters. The van der Waals surface area contributed by atoms with Crippen molar-refractivity contribution in [3.63, 3.8) is 0 Å². The van der Waals surface area contributed by atoms with E-state index in [9.17, 15) is 8.78 Å². The Kier molecular flexibility index (Phi) is 7.16. The highest BCUT2D eigenvalue weighted by Gasteiger charge is 2.17. The number of hydrogen-bond acceptors (Lipinski definition) is 3. The summed E-state index contributed by atoms with van der Waals surface area (Å²) in [5.41, 5.74) is 3.22. The predicted molar refractivity (Wildman–Crippen MR) is 135 cm³/mol. The van der Waals surface area contributed by atoms with Crippen LogP contribution in [0.1, 0.15) is 22.5 Å². The Morgan fingerprint density at radius 3 is 2.50 bits per heavy atom. The molecule has 0 aliphatic rings. The fraction of sp³-hybridized carbons (Fsp3) is 0.174. The molecule has 0 unspecified atom stereocenters. The molecule has 0 amide bonds. The number of nitrogens with zero attached hydrogens (tertiary/aromatic N) is 4. The molecule has 2 aromatic carbocycles. The summed E-state index contributed by atoms with van der Waals surface area (Å²) in [6.07, 6.45) is 1.63. The second-order valence-corrected chi connectivity index (χ2v) is 8.86. The first-order valence-corrected chi connectivity index (χ1v) is 11.4. The van der Waals surface area contributed by atoms with E-state index in [1.54, 1.807) is 39.8 Å². The van der Waals surface area contributed by atoms with Gasteiger partial charge in [-0.2, -0.15) is 10.2 Å². The van der Waals surface area contributed by atoms with Gasteiger partial charge in [0.1, 0.15) is 16.7 Å². The van der Waals surface area contributed by atoms with Gasteiger partial charge in [0.05, 0.1) is 30.2 Å². The Morgan fingerprint density at radius 2 is 1.76 bits per heavy atom. The van der Waals surface area contributed by atoms with Crippen molar-refractivity contribution in [1.29, 1.82) is 0 Å². The molecule has 0 radical (unpaired) electrons. The lowest BCUT2D eigenvalue weighted by Gasteiger charge is -2.11. The summed E-state index contributed by atoms with van der Waals surface area (Å²) in [5, 5.41) is 15.9. The second-order valence-electron chi connectivity index (χ2n) is 7.64. The van der Waals surface area contributed by atoms with Crippen molar-refractivity contribution in [1.82, 2.24) is 19.6 Å². The van der Waals surface area contributed by atoms with Crippen LogP contribution in [0, 0.1) is 25.5 Å². The van der Waals surface area contributed by atoms with Gasteiger partial charge in [0, 0.05) is 16.8 Å². The van der Waals surface area contributed by atoms with Gasteiger partial charge in [-0.3, -0.25) is 9.36 Å².